The van der Waals surface area contributed by atoms with Gasteiger partial charge in [-0.1, -0.05) is 231 Å². The van der Waals surface area contributed by atoms with Gasteiger partial charge in [-0.3, -0.25) is 0 Å². The summed E-state index contributed by atoms with van der Waals surface area (Å²) in [6.45, 7) is 0. The number of hydrogen-bond donors (Lipinski definition) is 0. The fourth-order valence-electron chi connectivity index (χ4n) is 8.74. The molecule has 1 heteroatoms. The summed E-state index contributed by atoms with van der Waals surface area (Å²) >= 11 is 0. The molecule has 0 fully saturated rings. The van der Waals surface area contributed by atoms with Crippen LogP contribution in [0.1, 0.15) is 22.6 Å². The highest BCUT2D eigenvalue weighted by Gasteiger charge is 2.17. The van der Waals surface area contributed by atoms with Gasteiger partial charge < -0.3 is 4.90 Å². The lowest BCUT2D eigenvalue weighted by molar-refractivity contribution is 0.805. The molecule has 0 amide bonds. The van der Waals surface area contributed by atoms with E-state index in [0.29, 0.717) is 0 Å². The van der Waals surface area contributed by atoms with Gasteiger partial charge in [-0.15, -0.1) is 0 Å². The molecule has 1 unspecified atom stereocenters. The van der Waals surface area contributed by atoms with Gasteiger partial charge in [0.1, 0.15) is 0 Å². The fraction of sp³-hybridized carbons (Fsp3) is 0.0323. The van der Waals surface area contributed by atoms with Crippen LogP contribution in [0.25, 0.3) is 55.6 Å². The zero-order valence-corrected chi connectivity index (χ0v) is 35.1. The molecule has 0 aromatic heterocycles. The Balaban J connectivity index is 0.834. The van der Waals surface area contributed by atoms with E-state index in [9.17, 15) is 0 Å². The molecule has 0 bridgehead atoms. The molecule has 10 aromatic rings. The lowest BCUT2D eigenvalue weighted by Crippen LogP contribution is -2.09. The van der Waals surface area contributed by atoms with Crippen LogP contribution in [0.4, 0.5) is 17.1 Å². The van der Waals surface area contributed by atoms with Crippen molar-refractivity contribution >= 4 is 17.1 Å². The summed E-state index contributed by atoms with van der Waals surface area (Å²) in [7, 11) is 0. The van der Waals surface area contributed by atoms with E-state index < -0.39 is 0 Å². The van der Waals surface area contributed by atoms with E-state index in [1.165, 1.54) is 72.3 Å². The normalized spacial score (nSPS) is 11.5. The average Bonchev–Trinajstić information content (AvgIpc) is 3.37. The molecule has 0 aliphatic carbocycles. The van der Waals surface area contributed by atoms with Crippen LogP contribution >= 0.6 is 0 Å². The lowest BCUT2D eigenvalue weighted by atomic mass is 9.84. The first kappa shape index (κ1) is 39.2. The van der Waals surface area contributed by atoms with Crippen LogP contribution in [-0.4, -0.2) is 0 Å². The molecule has 0 saturated carbocycles. The van der Waals surface area contributed by atoms with Crippen molar-refractivity contribution in [1.82, 2.24) is 0 Å². The predicted octanol–water partition coefficient (Wildman–Crippen LogP) is 16.9. The molecule has 300 valence electrons. The van der Waals surface area contributed by atoms with E-state index in [1.54, 1.807) is 0 Å². The van der Waals surface area contributed by atoms with E-state index in [1.807, 2.05) is 0 Å². The van der Waals surface area contributed by atoms with Crippen LogP contribution in [0.2, 0.25) is 0 Å². The minimum absolute atomic E-state index is 0.254. The second kappa shape index (κ2) is 18.3. The van der Waals surface area contributed by atoms with Gasteiger partial charge in [0.25, 0.3) is 0 Å². The first-order valence-electron chi connectivity index (χ1n) is 21.8. The number of anilines is 3. The Hall–Kier alpha value is -8.00. The Morgan fingerprint density at radius 1 is 0.238 bits per heavy atom. The maximum Gasteiger partial charge on any atom is 0.0467 e. The van der Waals surface area contributed by atoms with Gasteiger partial charge in [-0.25, -0.2) is 0 Å². The molecule has 10 rings (SSSR count). The van der Waals surface area contributed by atoms with Crippen molar-refractivity contribution in [3.05, 3.63) is 284 Å². The van der Waals surface area contributed by atoms with Crippen LogP contribution in [-0.2, 0) is 6.42 Å². The van der Waals surface area contributed by atoms with E-state index in [2.05, 4.69) is 272 Å². The number of benzene rings is 10. The Morgan fingerprint density at radius 3 is 1.08 bits per heavy atom. The molecule has 0 spiro atoms. The van der Waals surface area contributed by atoms with Crippen LogP contribution < -0.4 is 4.90 Å². The monoisotopic (exact) mass is 805 g/mol. The van der Waals surface area contributed by atoms with E-state index in [-0.39, 0.29) is 5.92 Å². The molecule has 0 radical (unpaired) electrons. The van der Waals surface area contributed by atoms with Crippen molar-refractivity contribution in [2.24, 2.45) is 0 Å². The van der Waals surface area contributed by atoms with Crippen LogP contribution in [0.3, 0.4) is 0 Å². The third-order valence-electron chi connectivity index (χ3n) is 12.1. The SMILES string of the molecule is c1ccc(-c2cccc(C(Cc3ccc(-c4ccc(-c5ccc(-c6ccc(N(c7ccccc7)c7cccc(-c8ccccc8)c7)cc6)cc5)cc4)cc3)c3ccccc3)c2)cc1. The zero-order valence-electron chi connectivity index (χ0n) is 35.1. The van der Waals surface area contributed by atoms with E-state index in [4.69, 9.17) is 0 Å². The maximum absolute atomic E-state index is 2.36. The molecule has 1 nitrogen and oxygen atoms in total. The molecule has 1 atom stereocenters. The maximum atomic E-state index is 2.36. The highest BCUT2D eigenvalue weighted by Crippen LogP contribution is 2.38. The molecular formula is C62H47N. The second-order valence-corrected chi connectivity index (χ2v) is 16.1. The third-order valence-corrected chi connectivity index (χ3v) is 12.1. The van der Waals surface area contributed by atoms with Crippen LogP contribution in [0.15, 0.2) is 267 Å². The summed E-state index contributed by atoms with van der Waals surface area (Å²) in [5.74, 6) is 0.254. The highest BCUT2D eigenvalue weighted by molar-refractivity contribution is 5.81. The third kappa shape index (κ3) is 8.91. The number of nitrogens with zero attached hydrogens (tertiary/aromatic N) is 1. The van der Waals surface area contributed by atoms with Gasteiger partial charge >= 0.3 is 0 Å². The van der Waals surface area contributed by atoms with Crippen LogP contribution in [0, 0.1) is 0 Å². The molecule has 63 heavy (non-hydrogen) atoms. The van der Waals surface area contributed by atoms with Gasteiger partial charge in [-0.05, 0) is 115 Å². The van der Waals surface area contributed by atoms with E-state index >= 15 is 0 Å². The van der Waals surface area contributed by atoms with Crippen molar-refractivity contribution in [2.75, 3.05) is 4.90 Å². The Bertz CT molecular complexity index is 3010. The molecule has 0 aliphatic rings. The average molecular weight is 806 g/mol. The van der Waals surface area contributed by atoms with Gasteiger partial charge in [0.15, 0.2) is 0 Å². The molecule has 0 aliphatic heterocycles. The minimum Gasteiger partial charge on any atom is -0.310 e. The van der Waals surface area contributed by atoms with Crippen LogP contribution in [0.5, 0.6) is 0 Å². The summed E-state index contributed by atoms with van der Waals surface area (Å²) in [6, 6.07) is 96.5. The fourth-order valence-corrected chi connectivity index (χ4v) is 8.74. The standard InChI is InChI=1S/C62H47N/c1-5-15-47(16-6-1)56-21-13-23-58(44-56)62(55-19-9-3-10-20-55)43-46-27-29-49(30-28-46)50-31-33-51(34-32-50)52-35-37-53(38-36-52)54-39-41-60(42-40-54)63(59-24-11-4-12-25-59)61-26-14-22-57(45-61)48-17-7-2-8-18-48/h1-42,44-45,62H,43H2. The van der Waals surface area contributed by atoms with Gasteiger partial charge in [0.05, 0.1) is 0 Å². The summed E-state index contributed by atoms with van der Waals surface area (Å²) in [4.78, 5) is 2.33. The smallest absolute Gasteiger partial charge is 0.0467 e. The summed E-state index contributed by atoms with van der Waals surface area (Å²) < 4.78 is 0. The number of para-hydroxylation sites is 1. The topological polar surface area (TPSA) is 3.24 Å². The van der Waals surface area contributed by atoms with Gasteiger partial charge in [0.2, 0.25) is 0 Å². The number of hydrogen-bond acceptors (Lipinski definition) is 1. The quantitative estimate of drug-likeness (QED) is 0.119. The Kier molecular flexibility index (Phi) is 11.4. The van der Waals surface area contributed by atoms with Crippen molar-refractivity contribution in [2.45, 2.75) is 12.3 Å². The minimum atomic E-state index is 0.254. The Morgan fingerprint density at radius 2 is 0.571 bits per heavy atom. The van der Waals surface area contributed by atoms with Gasteiger partial charge in [-0.2, -0.15) is 0 Å². The second-order valence-electron chi connectivity index (χ2n) is 16.1. The van der Waals surface area contributed by atoms with Gasteiger partial charge in [0, 0.05) is 23.0 Å². The first-order chi connectivity index (χ1) is 31.2. The van der Waals surface area contributed by atoms with Crippen molar-refractivity contribution in [3.8, 4) is 55.6 Å². The highest BCUT2D eigenvalue weighted by atomic mass is 15.1. The molecular weight excluding hydrogens is 759 g/mol. The number of rotatable bonds is 12. The predicted molar refractivity (Wildman–Crippen MR) is 267 cm³/mol. The summed E-state index contributed by atoms with van der Waals surface area (Å²) in [6.07, 6.45) is 0.928. The summed E-state index contributed by atoms with van der Waals surface area (Å²) in [5.41, 5.74) is 19.5. The van der Waals surface area contributed by atoms with Crippen molar-refractivity contribution in [3.63, 3.8) is 0 Å². The van der Waals surface area contributed by atoms with E-state index in [0.717, 1.165) is 23.5 Å². The lowest BCUT2D eigenvalue weighted by Gasteiger charge is -2.26. The summed E-state index contributed by atoms with van der Waals surface area (Å²) in [5, 5.41) is 0. The Labute approximate surface area is 371 Å². The first-order valence-corrected chi connectivity index (χ1v) is 21.8. The molecule has 0 N–H and O–H groups in total. The largest absolute Gasteiger partial charge is 0.310 e. The zero-order chi connectivity index (χ0) is 42.2. The molecule has 0 saturated heterocycles. The molecule has 10 aromatic carbocycles. The molecule has 0 heterocycles. The van der Waals surface area contributed by atoms with Crippen molar-refractivity contribution < 1.29 is 0 Å². The van der Waals surface area contributed by atoms with Crippen molar-refractivity contribution in [1.29, 1.82) is 0 Å².